The van der Waals surface area contributed by atoms with Crippen LogP contribution < -0.4 is 15.0 Å². The molecule has 0 saturated heterocycles. The molecule has 0 bridgehead atoms. The zero-order valence-electron chi connectivity index (χ0n) is 18.4. The van der Waals surface area contributed by atoms with E-state index < -0.39 is 6.86 Å². The van der Waals surface area contributed by atoms with Crippen LogP contribution in [0.2, 0.25) is 0 Å². The first-order valence-electron chi connectivity index (χ1n) is 10.5. The van der Waals surface area contributed by atoms with Gasteiger partial charge in [-0.3, -0.25) is 0 Å². The maximum absolute atomic E-state index is 12.3. The Morgan fingerprint density at radius 3 is 2.31 bits per heavy atom. The molecule has 0 atom stereocenters. The van der Waals surface area contributed by atoms with Crippen molar-refractivity contribution >= 4 is 33.5 Å². The van der Waals surface area contributed by atoms with Crippen LogP contribution in [0.3, 0.4) is 0 Å². The zero-order valence-corrected chi connectivity index (χ0v) is 19.2. The van der Waals surface area contributed by atoms with Crippen molar-refractivity contribution in [3.8, 4) is 16.9 Å². The smallest absolute Gasteiger partial charge is 0.228 e. The van der Waals surface area contributed by atoms with E-state index in [4.69, 9.17) is 4.74 Å². The van der Waals surface area contributed by atoms with Crippen LogP contribution in [0.25, 0.3) is 21.5 Å². The molecule has 32 heavy (non-hydrogen) atoms. The maximum atomic E-state index is 12.3. The summed E-state index contributed by atoms with van der Waals surface area (Å²) in [5.41, 5.74) is 4.31. The second-order valence-electron chi connectivity index (χ2n) is 7.66. The van der Waals surface area contributed by atoms with Crippen molar-refractivity contribution in [2.75, 3.05) is 37.7 Å². The molecule has 6 nitrogen and oxygen atoms in total. The van der Waals surface area contributed by atoms with Crippen molar-refractivity contribution in [1.82, 2.24) is 15.0 Å². The molecule has 0 radical (unpaired) electrons. The number of anilines is 2. The zero-order chi connectivity index (χ0) is 22.5. The molecule has 0 unspecified atom stereocenters. The van der Waals surface area contributed by atoms with Crippen LogP contribution >= 0.6 is 11.3 Å². The van der Waals surface area contributed by atoms with Crippen LogP contribution in [-0.4, -0.2) is 42.5 Å². The molecule has 1 N–H and O–H groups in total. The van der Waals surface area contributed by atoms with Crippen molar-refractivity contribution < 1.29 is 9.13 Å². The number of aromatic nitrogens is 3. The summed E-state index contributed by atoms with van der Waals surface area (Å²) in [5.74, 6) is 2.01. The number of fused-ring (bicyclic) bond motifs is 1. The van der Waals surface area contributed by atoms with Gasteiger partial charge in [-0.15, -0.1) is 0 Å². The second kappa shape index (κ2) is 9.91. The minimum absolute atomic E-state index is 0.534. The Hall–Kier alpha value is -3.26. The Labute approximate surface area is 191 Å². The van der Waals surface area contributed by atoms with Crippen molar-refractivity contribution in [3.63, 3.8) is 0 Å². The standard InChI is InChI=1S/C24H26FN5OS/c1-16-27-21-22(28-24(30(2)3)29-23(21)32-16)26-14-4-5-17-6-8-18(9-7-17)19-10-12-20(13-11-19)31-15-25/h6-13H,4-5,14-15H2,1-3H3,(H,26,28,29). The number of benzene rings is 2. The molecule has 0 aliphatic heterocycles. The number of alkyl halides is 1. The average molecular weight is 452 g/mol. The summed E-state index contributed by atoms with van der Waals surface area (Å²) in [6.07, 6.45) is 1.93. The number of nitrogens with one attached hydrogen (secondary N) is 1. The summed E-state index contributed by atoms with van der Waals surface area (Å²) in [4.78, 5) is 16.6. The molecule has 2 aromatic carbocycles. The lowest BCUT2D eigenvalue weighted by atomic mass is 10.0. The number of nitrogens with zero attached hydrogens (tertiary/aromatic N) is 4. The fourth-order valence-electron chi connectivity index (χ4n) is 3.41. The third-order valence-electron chi connectivity index (χ3n) is 5.05. The molecule has 0 fully saturated rings. The van der Waals surface area contributed by atoms with E-state index in [1.807, 2.05) is 38.1 Å². The molecule has 0 aliphatic rings. The molecular formula is C24H26FN5OS. The van der Waals surface area contributed by atoms with Crippen LogP contribution in [-0.2, 0) is 6.42 Å². The van der Waals surface area contributed by atoms with Gasteiger partial charge in [0.2, 0.25) is 12.8 Å². The molecule has 2 heterocycles. The SMILES string of the molecule is Cc1nc2c(NCCCc3ccc(-c4ccc(OCF)cc4)cc3)nc(N(C)C)nc2s1. The third-order valence-corrected chi connectivity index (χ3v) is 5.92. The molecule has 0 aliphatic carbocycles. The first kappa shape index (κ1) is 22.0. The van der Waals surface area contributed by atoms with E-state index in [0.29, 0.717) is 11.7 Å². The first-order chi connectivity index (χ1) is 15.5. The minimum atomic E-state index is -0.814. The number of halogens is 1. The van der Waals surface area contributed by atoms with Crippen molar-refractivity contribution in [2.45, 2.75) is 19.8 Å². The highest BCUT2D eigenvalue weighted by molar-refractivity contribution is 7.18. The van der Waals surface area contributed by atoms with Gasteiger partial charge in [-0.2, -0.15) is 9.97 Å². The summed E-state index contributed by atoms with van der Waals surface area (Å²) in [7, 11) is 3.88. The average Bonchev–Trinajstić information content (AvgIpc) is 3.18. The summed E-state index contributed by atoms with van der Waals surface area (Å²) < 4.78 is 17.1. The van der Waals surface area contributed by atoms with Gasteiger partial charge in [-0.25, -0.2) is 9.37 Å². The maximum Gasteiger partial charge on any atom is 0.228 e. The van der Waals surface area contributed by atoms with Gasteiger partial charge in [0.05, 0.1) is 5.01 Å². The Morgan fingerprint density at radius 2 is 1.66 bits per heavy atom. The van der Waals surface area contributed by atoms with Gasteiger partial charge in [-0.1, -0.05) is 47.7 Å². The highest BCUT2D eigenvalue weighted by atomic mass is 32.1. The van der Waals surface area contributed by atoms with Crippen molar-refractivity contribution in [2.24, 2.45) is 0 Å². The van der Waals surface area contributed by atoms with Crippen LogP contribution in [0.15, 0.2) is 48.5 Å². The van der Waals surface area contributed by atoms with Gasteiger partial charge in [0.25, 0.3) is 0 Å². The Bertz CT molecular complexity index is 1180. The first-order valence-corrected chi connectivity index (χ1v) is 11.3. The fraction of sp³-hybridized carbons (Fsp3) is 0.292. The molecular weight excluding hydrogens is 425 g/mol. The Morgan fingerprint density at radius 1 is 0.969 bits per heavy atom. The van der Waals surface area contributed by atoms with Crippen molar-refractivity contribution in [1.29, 1.82) is 0 Å². The number of hydrogen-bond acceptors (Lipinski definition) is 7. The summed E-state index contributed by atoms with van der Waals surface area (Å²) in [6.45, 7) is 1.97. The lowest BCUT2D eigenvalue weighted by Gasteiger charge is -2.12. The van der Waals surface area contributed by atoms with Crippen molar-refractivity contribution in [3.05, 3.63) is 59.1 Å². The molecule has 4 rings (SSSR count). The van der Waals surface area contributed by atoms with E-state index in [1.165, 1.54) is 5.56 Å². The lowest BCUT2D eigenvalue weighted by molar-refractivity contribution is 0.192. The molecule has 2 aromatic heterocycles. The molecule has 0 amide bonds. The number of hydrogen-bond donors (Lipinski definition) is 1. The normalized spacial score (nSPS) is 11.0. The van der Waals surface area contributed by atoms with Crippen LogP contribution in [0.4, 0.5) is 16.2 Å². The lowest BCUT2D eigenvalue weighted by Crippen LogP contribution is -2.14. The number of thiazole rings is 1. The van der Waals surface area contributed by atoms with E-state index in [0.717, 1.165) is 51.7 Å². The van der Waals surface area contributed by atoms with E-state index in [2.05, 4.69) is 44.5 Å². The second-order valence-corrected chi connectivity index (χ2v) is 8.84. The summed E-state index contributed by atoms with van der Waals surface area (Å²) in [6, 6.07) is 16.0. The molecule has 8 heteroatoms. The quantitative estimate of drug-likeness (QED) is 0.340. The van der Waals surface area contributed by atoms with Gasteiger partial charge in [-0.05, 0) is 48.6 Å². The largest absolute Gasteiger partial charge is 0.463 e. The topological polar surface area (TPSA) is 63.2 Å². The van der Waals surface area contributed by atoms with Crippen LogP contribution in [0, 0.1) is 6.92 Å². The van der Waals surface area contributed by atoms with Gasteiger partial charge < -0.3 is 15.0 Å². The van der Waals surface area contributed by atoms with E-state index in [1.54, 1.807) is 23.5 Å². The highest BCUT2D eigenvalue weighted by Gasteiger charge is 2.13. The van der Waals surface area contributed by atoms with E-state index >= 15 is 0 Å². The van der Waals surface area contributed by atoms with Gasteiger partial charge in [0.1, 0.15) is 11.3 Å². The summed E-state index contributed by atoms with van der Waals surface area (Å²) in [5, 5.41) is 4.43. The Balaban J connectivity index is 1.35. The Kier molecular flexibility index (Phi) is 6.80. The highest BCUT2D eigenvalue weighted by Crippen LogP contribution is 2.27. The van der Waals surface area contributed by atoms with Gasteiger partial charge in [0, 0.05) is 20.6 Å². The van der Waals surface area contributed by atoms with E-state index in [-0.39, 0.29) is 0 Å². The number of ether oxygens (including phenoxy) is 1. The van der Waals surface area contributed by atoms with Crippen LogP contribution in [0.5, 0.6) is 5.75 Å². The molecule has 0 spiro atoms. The summed E-state index contributed by atoms with van der Waals surface area (Å²) >= 11 is 1.58. The molecule has 0 saturated carbocycles. The third kappa shape index (κ3) is 5.13. The number of rotatable bonds is 9. The molecule has 4 aromatic rings. The fourth-order valence-corrected chi connectivity index (χ4v) is 4.19. The predicted octanol–water partition coefficient (Wildman–Crippen LogP) is 5.48. The van der Waals surface area contributed by atoms with E-state index in [9.17, 15) is 4.39 Å². The van der Waals surface area contributed by atoms with Crippen LogP contribution in [0.1, 0.15) is 17.0 Å². The molecule has 166 valence electrons. The predicted molar refractivity (Wildman–Crippen MR) is 130 cm³/mol. The van der Waals surface area contributed by atoms with Gasteiger partial charge in [0.15, 0.2) is 10.6 Å². The minimum Gasteiger partial charge on any atom is -0.463 e. The van der Waals surface area contributed by atoms with Gasteiger partial charge >= 0.3 is 0 Å². The number of aryl methyl sites for hydroxylation is 2. The monoisotopic (exact) mass is 451 g/mol.